The summed E-state index contributed by atoms with van der Waals surface area (Å²) in [5, 5.41) is 26.5. The van der Waals surface area contributed by atoms with Gasteiger partial charge in [-0.15, -0.1) is 0 Å². The van der Waals surface area contributed by atoms with Crippen LogP contribution in [0.4, 0.5) is 11.4 Å². The van der Waals surface area contributed by atoms with Gasteiger partial charge in [0.25, 0.3) is 11.8 Å². The number of pyridine rings is 1. The third kappa shape index (κ3) is 9.67. The molecule has 2 aromatic carbocycles. The summed E-state index contributed by atoms with van der Waals surface area (Å²) in [4.78, 5) is 39.9. The Hall–Kier alpha value is -5.16. The highest BCUT2D eigenvalue weighted by molar-refractivity contribution is 5.97. The lowest BCUT2D eigenvalue weighted by atomic mass is 10.1. The summed E-state index contributed by atoms with van der Waals surface area (Å²) in [7, 11) is 0. The van der Waals surface area contributed by atoms with Crippen molar-refractivity contribution in [1.82, 2.24) is 15.8 Å². The Balaban J connectivity index is 0.00000533. The minimum atomic E-state index is -1.30. The molecule has 0 radical (unpaired) electrons. The molecule has 0 aliphatic rings. The molecule has 6 N–H and O–H groups in total. The molecule has 1 aromatic heterocycles. The molecule has 39 heavy (non-hydrogen) atoms. The number of hydrogen-bond acceptors (Lipinski definition) is 7. The Morgan fingerprint density at radius 1 is 0.872 bits per heavy atom. The van der Waals surface area contributed by atoms with Gasteiger partial charge in [0.1, 0.15) is 6.04 Å². The molecule has 10 heteroatoms. The highest BCUT2D eigenvalue weighted by Gasteiger charge is 2.25. The molecular formula is C29H29N5O5. The molecule has 3 aromatic rings. The van der Waals surface area contributed by atoms with E-state index in [1.165, 1.54) is 24.5 Å². The maximum atomic E-state index is 12.3. The second-order valence-electron chi connectivity index (χ2n) is 7.96. The first-order valence-electron chi connectivity index (χ1n) is 11.4. The van der Waals surface area contributed by atoms with E-state index in [1.54, 1.807) is 60.9 Å². The molecule has 3 rings (SSSR count). The normalized spacial score (nSPS) is 11.1. The number of benzene rings is 2. The van der Waals surface area contributed by atoms with Crippen LogP contribution in [0.15, 0.2) is 73.1 Å². The SMILES string of the molecule is C.C[C@@H](O)[C@H](NC(=O)c1ccc(C#CC#Cc2ccc(NC(=O)CNc3ccncc3)cc2)cc1)C(=O)NO. The van der Waals surface area contributed by atoms with Crippen LogP contribution in [0, 0.1) is 23.7 Å². The third-order valence-electron chi connectivity index (χ3n) is 5.09. The number of aromatic nitrogens is 1. The zero-order valence-electron chi connectivity index (χ0n) is 20.4. The van der Waals surface area contributed by atoms with Crippen LogP contribution in [0.25, 0.3) is 0 Å². The van der Waals surface area contributed by atoms with Crippen molar-refractivity contribution < 1.29 is 24.7 Å². The zero-order chi connectivity index (χ0) is 27.3. The van der Waals surface area contributed by atoms with E-state index < -0.39 is 24.0 Å². The van der Waals surface area contributed by atoms with Crippen LogP contribution in [0.1, 0.15) is 35.8 Å². The van der Waals surface area contributed by atoms with Crippen LogP contribution in [0.2, 0.25) is 0 Å². The van der Waals surface area contributed by atoms with Gasteiger partial charge in [0.15, 0.2) is 0 Å². The molecule has 0 fully saturated rings. The summed E-state index contributed by atoms with van der Waals surface area (Å²) in [6.45, 7) is 1.44. The van der Waals surface area contributed by atoms with Crippen LogP contribution < -0.4 is 21.4 Å². The van der Waals surface area contributed by atoms with Crippen molar-refractivity contribution in [3.8, 4) is 23.7 Å². The fraction of sp³-hybridized carbons (Fsp3) is 0.172. The fourth-order valence-electron chi connectivity index (χ4n) is 3.11. The molecule has 200 valence electrons. The van der Waals surface area contributed by atoms with E-state index in [2.05, 4.69) is 44.6 Å². The molecule has 10 nitrogen and oxygen atoms in total. The van der Waals surface area contributed by atoms with E-state index in [0.29, 0.717) is 11.3 Å². The second-order valence-corrected chi connectivity index (χ2v) is 7.96. The van der Waals surface area contributed by atoms with Crippen LogP contribution in [-0.2, 0) is 9.59 Å². The second kappa shape index (κ2) is 15.2. The number of aliphatic hydroxyl groups is 1. The molecular weight excluding hydrogens is 498 g/mol. The van der Waals surface area contributed by atoms with Crippen LogP contribution in [0.3, 0.4) is 0 Å². The molecule has 0 aliphatic heterocycles. The van der Waals surface area contributed by atoms with Gasteiger partial charge in [-0.2, -0.15) is 0 Å². The van der Waals surface area contributed by atoms with Crippen molar-refractivity contribution in [2.45, 2.75) is 26.5 Å². The van der Waals surface area contributed by atoms with Crippen LogP contribution >= 0.6 is 0 Å². The maximum absolute atomic E-state index is 12.3. The van der Waals surface area contributed by atoms with Crippen molar-refractivity contribution in [2.24, 2.45) is 0 Å². The number of nitrogens with zero attached hydrogens (tertiary/aromatic N) is 1. The minimum absolute atomic E-state index is 0. The van der Waals surface area contributed by atoms with Crippen molar-refractivity contribution in [2.75, 3.05) is 17.2 Å². The summed E-state index contributed by atoms with van der Waals surface area (Å²) in [5.41, 5.74) is 4.44. The first-order valence-corrected chi connectivity index (χ1v) is 11.4. The van der Waals surface area contributed by atoms with Crippen molar-refractivity contribution in [3.05, 3.63) is 89.7 Å². The average molecular weight is 528 g/mol. The number of rotatable bonds is 8. The predicted octanol–water partition coefficient (Wildman–Crippen LogP) is 2.16. The van der Waals surface area contributed by atoms with Gasteiger partial charge in [-0.05, 0) is 79.4 Å². The number of carbonyl (C=O) groups is 3. The smallest absolute Gasteiger partial charge is 0.268 e. The van der Waals surface area contributed by atoms with Crippen LogP contribution in [-0.4, -0.2) is 51.7 Å². The molecule has 3 amide bonds. The van der Waals surface area contributed by atoms with Gasteiger partial charge in [0, 0.05) is 40.5 Å². The van der Waals surface area contributed by atoms with Gasteiger partial charge >= 0.3 is 0 Å². The summed E-state index contributed by atoms with van der Waals surface area (Å²) in [6.07, 6.45) is 2.08. The Bertz CT molecular complexity index is 1380. The fourth-order valence-corrected chi connectivity index (χ4v) is 3.11. The highest BCUT2D eigenvalue weighted by atomic mass is 16.5. The maximum Gasteiger partial charge on any atom is 0.268 e. The third-order valence-corrected chi connectivity index (χ3v) is 5.09. The zero-order valence-corrected chi connectivity index (χ0v) is 20.4. The Kier molecular flexibility index (Phi) is 11.7. The van der Waals surface area contributed by atoms with Crippen molar-refractivity contribution in [3.63, 3.8) is 0 Å². The largest absolute Gasteiger partial charge is 0.391 e. The molecule has 0 spiro atoms. The Morgan fingerprint density at radius 3 is 1.97 bits per heavy atom. The molecule has 0 saturated heterocycles. The van der Waals surface area contributed by atoms with Crippen molar-refractivity contribution >= 4 is 29.1 Å². The lowest BCUT2D eigenvalue weighted by Crippen LogP contribution is -2.51. The quantitative estimate of drug-likeness (QED) is 0.149. The number of aliphatic hydroxyl groups excluding tert-OH is 1. The number of carbonyl (C=O) groups excluding carboxylic acids is 3. The lowest BCUT2D eigenvalue weighted by molar-refractivity contribution is -0.133. The minimum Gasteiger partial charge on any atom is -0.391 e. The topological polar surface area (TPSA) is 153 Å². The summed E-state index contributed by atoms with van der Waals surface area (Å²) < 4.78 is 0. The summed E-state index contributed by atoms with van der Waals surface area (Å²) >= 11 is 0. The van der Waals surface area contributed by atoms with Gasteiger partial charge in [-0.1, -0.05) is 19.3 Å². The van der Waals surface area contributed by atoms with Gasteiger partial charge < -0.3 is 21.1 Å². The molecule has 0 saturated carbocycles. The first kappa shape index (κ1) is 30.1. The highest BCUT2D eigenvalue weighted by Crippen LogP contribution is 2.09. The van der Waals surface area contributed by atoms with E-state index in [-0.39, 0.29) is 25.4 Å². The van der Waals surface area contributed by atoms with E-state index in [4.69, 9.17) is 5.21 Å². The molecule has 2 atom stereocenters. The number of amides is 3. The van der Waals surface area contributed by atoms with E-state index in [9.17, 15) is 19.5 Å². The van der Waals surface area contributed by atoms with E-state index in [0.717, 1.165) is 11.3 Å². The van der Waals surface area contributed by atoms with Crippen LogP contribution in [0.5, 0.6) is 0 Å². The number of nitrogens with one attached hydrogen (secondary N) is 4. The number of hydroxylamine groups is 1. The van der Waals surface area contributed by atoms with Gasteiger partial charge in [0.05, 0.1) is 12.6 Å². The van der Waals surface area contributed by atoms with Crippen molar-refractivity contribution in [1.29, 1.82) is 0 Å². The summed E-state index contributed by atoms with van der Waals surface area (Å²) in [5.74, 6) is 9.58. The molecule has 0 unspecified atom stereocenters. The van der Waals surface area contributed by atoms with Gasteiger partial charge in [-0.3, -0.25) is 24.6 Å². The average Bonchev–Trinajstić information content (AvgIpc) is 2.94. The van der Waals surface area contributed by atoms with E-state index >= 15 is 0 Å². The van der Waals surface area contributed by atoms with Gasteiger partial charge in [0.2, 0.25) is 5.91 Å². The molecule has 1 heterocycles. The first-order chi connectivity index (χ1) is 18.4. The molecule has 0 bridgehead atoms. The number of hydrogen-bond donors (Lipinski definition) is 6. The molecule has 0 aliphatic carbocycles. The number of anilines is 2. The summed E-state index contributed by atoms with van der Waals surface area (Å²) in [6, 6.07) is 15.5. The van der Waals surface area contributed by atoms with Gasteiger partial charge in [-0.25, -0.2) is 5.48 Å². The van der Waals surface area contributed by atoms with E-state index in [1.807, 2.05) is 0 Å². The standard InChI is InChI=1S/C28H25N5O5.CH4/c1-19(34)26(28(37)33-38)32-27(36)22-10-6-20(7-11-22)4-2-3-5-21-8-12-24(13-9-21)31-25(35)18-30-23-14-16-29-17-15-23;/h6-17,19,26,34,38H,18H2,1H3,(H,29,30)(H,31,35)(H,32,36)(H,33,37);1H4/t19-,26+;/m1./s1. The Morgan fingerprint density at radius 2 is 1.44 bits per heavy atom. The predicted molar refractivity (Wildman–Crippen MR) is 148 cm³/mol. The Labute approximate surface area is 226 Å². The lowest BCUT2D eigenvalue weighted by Gasteiger charge is -2.19. The monoisotopic (exact) mass is 527 g/mol.